The van der Waals surface area contributed by atoms with E-state index in [1.165, 1.54) is 0 Å². The molecule has 0 spiro atoms. The summed E-state index contributed by atoms with van der Waals surface area (Å²) in [5.41, 5.74) is 5.61. The van der Waals surface area contributed by atoms with Crippen molar-refractivity contribution in [2.45, 2.75) is 52.2 Å². The fourth-order valence-electron chi connectivity index (χ4n) is 2.13. The van der Waals surface area contributed by atoms with Crippen LogP contribution in [0, 0.1) is 5.41 Å². The molecule has 1 rings (SSSR count). The van der Waals surface area contributed by atoms with E-state index in [-0.39, 0.29) is 16.9 Å². The van der Waals surface area contributed by atoms with E-state index in [0.717, 1.165) is 19.4 Å². The lowest BCUT2D eigenvalue weighted by molar-refractivity contribution is -0.142. The molecule has 0 aliphatic carbocycles. The van der Waals surface area contributed by atoms with Gasteiger partial charge in [-0.25, -0.2) is 0 Å². The number of piperidine rings is 1. The van der Waals surface area contributed by atoms with Gasteiger partial charge in [-0.05, 0) is 25.2 Å². The molecule has 1 aliphatic heterocycles. The maximum absolute atomic E-state index is 12.3. The van der Waals surface area contributed by atoms with E-state index in [2.05, 4.69) is 6.92 Å². The Morgan fingerprint density at radius 2 is 2.06 bits per heavy atom. The summed E-state index contributed by atoms with van der Waals surface area (Å²) in [5.74, 6) is 0.0421. The fourth-order valence-corrected chi connectivity index (χ4v) is 2.13. The van der Waals surface area contributed by atoms with Crippen LogP contribution in [-0.2, 0) is 9.53 Å². The number of ether oxygens (including phenoxy) is 1. The van der Waals surface area contributed by atoms with Gasteiger partial charge in [-0.1, -0.05) is 20.8 Å². The number of likely N-dealkylation sites (tertiary alicyclic amines) is 1. The molecule has 0 aromatic rings. The van der Waals surface area contributed by atoms with Crippen LogP contribution in [0.25, 0.3) is 0 Å². The number of methoxy groups -OCH3 is 1. The van der Waals surface area contributed by atoms with Gasteiger partial charge in [-0.3, -0.25) is 4.79 Å². The van der Waals surface area contributed by atoms with Crippen LogP contribution in [0.15, 0.2) is 0 Å². The van der Waals surface area contributed by atoms with Gasteiger partial charge in [0.05, 0.1) is 11.6 Å². The first kappa shape index (κ1) is 14.5. The van der Waals surface area contributed by atoms with Crippen LogP contribution >= 0.6 is 0 Å². The lowest BCUT2D eigenvalue weighted by Gasteiger charge is -2.41. The fraction of sp³-hybridized carbons (Fsp3) is 0.923. The maximum Gasteiger partial charge on any atom is 0.240 e. The van der Waals surface area contributed by atoms with E-state index in [4.69, 9.17) is 10.5 Å². The van der Waals surface area contributed by atoms with Crippen molar-refractivity contribution in [1.29, 1.82) is 0 Å². The van der Waals surface area contributed by atoms with Crippen LogP contribution in [0.2, 0.25) is 0 Å². The first-order valence-electron chi connectivity index (χ1n) is 6.29. The summed E-state index contributed by atoms with van der Waals surface area (Å²) in [6.45, 7) is 9.47. The average molecular weight is 242 g/mol. The van der Waals surface area contributed by atoms with Crippen LogP contribution in [0.1, 0.15) is 40.5 Å². The molecule has 1 aliphatic rings. The van der Waals surface area contributed by atoms with E-state index in [9.17, 15) is 4.79 Å². The van der Waals surface area contributed by atoms with Crippen LogP contribution in [0.5, 0.6) is 0 Å². The number of rotatable bonds is 2. The van der Waals surface area contributed by atoms with Crippen molar-refractivity contribution in [3.63, 3.8) is 0 Å². The Balaban J connectivity index is 2.70. The lowest BCUT2D eigenvalue weighted by Crippen LogP contribution is -2.56. The van der Waals surface area contributed by atoms with Gasteiger partial charge >= 0.3 is 0 Å². The van der Waals surface area contributed by atoms with E-state index < -0.39 is 6.04 Å². The van der Waals surface area contributed by atoms with Gasteiger partial charge in [0, 0.05) is 20.2 Å². The van der Waals surface area contributed by atoms with Crippen molar-refractivity contribution in [1.82, 2.24) is 4.90 Å². The zero-order valence-electron chi connectivity index (χ0n) is 11.7. The zero-order valence-corrected chi connectivity index (χ0v) is 11.7. The predicted molar refractivity (Wildman–Crippen MR) is 68.7 cm³/mol. The molecule has 4 nitrogen and oxygen atoms in total. The van der Waals surface area contributed by atoms with Gasteiger partial charge in [0.1, 0.15) is 0 Å². The molecule has 1 saturated heterocycles. The normalized spacial score (nSPS) is 28.0. The maximum atomic E-state index is 12.3. The summed E-state index contributed by atoms with van der Waals surface area (Å²) in [5, 5.41) is 0. The molecule has 0 bridgehead atoms. The van der Waals surface area contributed by atoms with Crippen molar-refractivity contribution in [3.8, 4) is 0 Å². The quantitative estimate of drug-likeness (QED) is 0.796. The predicted octanol–water partition coefficient (Wildman–Crippen LogP) is 1.39. The van der Waals surface area contributed by atoms with Crippen molar-refractivity contribution < 1.29 is 9.53 Å². The molecule has 0 radical (unpaired) electrons. The standard InChI is InChI=1S/C13H26N2O2/c1-12(2,3)10(14)11(16)15-8-6-7-13(4,9-15)17-5/h10H,6-9,14H2,1-5H3/t10-,13?/m1/s1. The first-order chi connectivity index (χ1) is 7.69. The second-order valence-corrected chi connectivity index (χ2v) is 6.36. The topological polar surface area (TPSA) is 55.6 Å². The van der Waals surface area contributed by atoms with Crippen LogP contribution in [0.4, 0.5) is 0 Å². The number of carbonyl (C=O) groups is 1. The van der Waals surface area contributed by atoms with E-state index in [1.54, 1.807) is 7.11 Å². The summed E-state index contributed by atoms with van der Waals surface area (Å²) in [7, 11) is 1.71. The van der Waals surface area contributed by atoms with Crippen molar-refractivity contribution in [3.05, 3.63) is 0 Å². The van der Waals surface area contributed by atoms with Crippen molar-refractivity contribution >= 4 is 5.91 Å². The third-order valence-electron chi connectivity index (χ3n) is 3.66. The Morgan fingerprint density at radius 3 is 2.53 bits per heavy atom. The minimum absolute atomic E-state index is 0.0421. The number of hydrogen-bond donors (Lipinski definition) is 1. The SMILES string of the molecule is COC1(C)CCCN(C(=O)[C@@H](N)C(C)(C)C)C1. The van der Waals surface area contributed by atoms with Gasteiger partial charge in [-0.15, -0.1) is 0 Å². The summed E-state index contributed by atoms with van der Waals surface area (Å²) >= 11 is 0. The average Bonchev–Trinajstić information content (AvgIpc) is 2.26. The second-order valence-electron chi connectivity index (χ2n) is 6.36. The molecular weight excluding hydrogens is 216 g/mol. The molecule has 2 N–H and O–H groups in total. The number of nitrogens with two attached hydrogens (primary N) is 1. The Hall–Kier alpha value is -0.610. The molecule has 100 valence electrons. The van der Waals surface area contributed by atoms with Gasteiger partial charge in [0.15, 0.2) is 0 Å². The molecule has 0 saturated carbocycles. The van der Waals surface area contributed by atoms with E-state index in [0.29, 0.717) is 6.54 Å². The molecular formula is C13H26N2O2. The molecule has 0 aromatic heterocycles. The monoisotopic (exact) mass is 242 g/mol. The number of hydrogen-bond acceptors (Lipinski definition) is 3. The first-order valence-corrected chi connectivity index (χ1v) is 6.29. The van der Waals surface area contributed by atoms with Gasteiger partial charge < -0.3 is 15.4 Å². The molecule has 1 fully saturated rings. The summed E-state index contributed by atoms with van der Waals surface area (Å²) in [4.78, 5) is 14.1. The van der Waals surface area contributed by atoms with Crippen molar-refractivity contribution in [2.24, 2.45) is 11.1 Å². The second kappa shape index (κ2) is 4.94. The molecule has 0 aromatic carbocycles. The minimum Gasteiger partial charge on any atom is -0.377 e. The Bertz CT molecular complexity index is 286. The zero-order chi connectivity index (χ0) is 13.3. The van der Waals surface area contributed by atoms with Crippen LogP contribution in [0.3, 0.4) is 0 Å². The highest BCUT2D eigenvalue weighted by molar-refractivity contribution is 5.82. The van der Waals surface area contributed by atoms with Gasteiger partial charge in [0.2, 0.25) is 5.91 Å². The molecule has 1 unspecified atom stereocenters. The summed E-state index contributed by atoms with van der Waals surface area (Å²) in [6.07, 6.45) is 1.98. The van der Waals surface area contributed by atoms with E-state index in [1.807, 2.05) is 25.7 Å². The lowest BCUT2D eigenvalue weighted by atomic mass is 9.85. The molecule has 1 amide bonds. The van der Waals surface area contributed by atoms with Gasteiger partial charge in [0.25, 0.3) is 0 Å². The Kier molecular flexibility index (Phi) is 4.20. The number of nitrogens with zero attached hydrogens (tertiary/aromatic N) is 1. The number of carbonyl (C=O) groups excluding carboxylic acids is 1. The third kappa shape index (κ3) is 3.42. The van der Waals surface area contributed by atoms with E-state index >= 15 is 0 Å². The summed E-state index contributed by atoms with van der Waals surface area (Å²) < 4.78 is 5.49. The minimum atomic E-state index is -0.443. The summed E-state index contributed by atoms with van der Waals surface area (Å²) in [6, 6.07) is -0.443. The highest BCUT2D eigenvalue weighted by atomic mass is 16.5. The molecule has 2 atom stereocenters. The molecule has 1 heterocycles. The van der Waals surface area contributed by atoms with Gasteiger partial charge in [-0.2, -0.15) is 0 Å². The Labute approximate surface area is 104 Å². The Morgan fingerprint density at radius 1 is 1.47 bits per heavy atom. The third-order valence-corrected chi connectivity index (χ3v) is 3.66. The van der Waals surface area contributed by atoms with Crippen LogP contribution in [-0.4, -0.2) is 42.6 Å². The van der Waals surface area contributed by atoms with Crippen LogP contribution < -0.4 is 5.73 Å². The molecule has 17 heavy (non-hydrogen) atoms. The largest absolute Gasteiger partial charge is 0.377 e. The number of amides is 1. The smallest absolute Gasteiger partial charge is 0.240 e. The van der Waals surface area contributed by atoms with Crippen molar-refractivity contribution in [2.75, 3.05) is 20.2 Å². The highest BCUT2D eigenvalue weighted by Gasteiger charge is 2.37. The highest BCUT2D eigenvalue weighted by Crippen LogP contribution is 2.26. The molecule has 4 heteroatoms.